The van der Waals surface area contributed by atoms with Crippen molar-refractivity contribution in [3.63, 3.8) is 0 Å². The molecule has 0 fully saturated rings. The number of benzene rings is 1. The first-order valence-electron chi connectivity index (χ1n) is 7.91. The minimum atomic E-state index is -3.64. The minimum absolute atomic E-state index is 0.114. The molecule has 1 aromatic heterocycles. The normalized spacial score (nSPS) is 13.4. The SMILES string of the molecule is COc1cc(C)n(CCNS(=O)(=O)c2ccc3c(c2)CCO3)c(=O)c1. The molecular formula is C17H20N2O5S. The van der Waals surface area contributed by atoms with E-state index in [1.54, 1.807) is 25.1 Å². The van der Waals surface area contributed by atoms with Crippen molar-refractivity contribution in [3.05, 3.63) is 51.9 Å². The molecule has 7 nitrogen and oxygen atoms in total. The largest absolute Gasteiger partial charge is 0.496 e. The van der Waals surface area contributed by atoms with Crippen molar-refractivity contribution >= 4 is 10.0 Å². The number of hydrogen-bond donors (Lipinski definition) is 1. The third-order valence-corrected chi connectivity index (χ3v) is 5.60. The zero-order valence-corrected chi connectivity index (χ0v) is 14.9. The Balaban J connectivity index is 1.70. The van der Waals surface area contributed by atoms with Crippen LogP contribution in [0.5, 0.6) is 11.5 Å². The monoisotopic (exact) mass is 364 g/mol. The Hall–Kier alpha value is -2.32. The molecule has 0 radical (unpaired) electrons. The summed E-state index contributed by atoms with van der Waals surface area (Å²) in [7, 11) is -2.14. The fraction of sp³-hybridized carbons (Fsp3) is 0.353. The zero-order chi connectivity index (χ0) is 18.0. The van der Waals surface area contributed by atoms with Gasteiger partial charge in [0.15, 0.2) is 0 Å². The van der Waals surface area contributed by atoms with E-state index in [9.17, 15) is 13.2 Å². The average molecular weight is 364 g/mol. The number of hydrogen-bond acceptors (Lipinski definition) is 5. The maximum atomic E-state index is 12.4. The molecule has 0 amide bonds. The van der Waals surface area contributed by atoms with Crippen LogP contribution in [0.2, 0.25) is 0 Å². The summed E-state index contributed by atoms with van der Waals surface area (Å²) in [6.07, 6.45) is 0.707. The summed E-state index contributed by atoms with van der Waals surface area (Å²) in [6, 6.07) is 7.94. The Morgan fingerprint density at radius 2 is 2.08 bits per heavy atom. The Morgan fingerprint density at radius 1 is 1.28 bits per heavy atom. The molecule has 8 heteroatoms. The lowest BCUT2D eigenvalue weighted by atomic mass is 10.2. The number of rotatable bonds is 6. The minimum Gasteiger partial charge on any atom is -0.496 e. The lowest BCUT2D eigenvalue weighted by Crippen LogP contribution is -2.31. The molecule has 2 aromatic rings. The highest BCUT2D eigenvalue weighted by Gasteiger charge is 2.19. The molecule has 0 spiro atoms. The number of aryl methyl sites for hydroxylation is 1. The fourth-order valence-corrected chi connectivity index (χ4v) is 3.88. The van der Waals surface area contributed by atoms with E-state index in [1.165, 1.54) is 23.8 Å². The van der Waals surface area contributed by atoms with E-state index in [1.807, 2.05) is 0 Å². The van der Waals surface area contributed by atoms with Gasteiger partial charge in [0.1, 0.15) is 11.5 Å². The van der Waals surface area contributed by atoms with Crippen LogP contribution in [0.15, 0.2) is 40.0 Å². The number of methoxy groups -OCH3 is 1. The van der Waals surface area contributed by atoms with Gasteiger partial charge in [0, 0.05) is 31.3 Å². The van der Waals surface area contributed by atoms with Gasteiger partial charge in [-0.2, -0.15) is 0 Å². The number of aromatic nitrogens is 1. The topological polar surface area (TPSA) is 86.6 Å². The van der Waals surface area contributed by atoms with Gasteiger partial charge in [0.25, 0.3) is 5.56 Å². The number of ether oxygens (including phenoxy) is 2. The highest BCUT2D eigenvalue weighted by molar-refractivity contribution is 7.89. The van der Waals surface area contributed by atoms with Crippen LogP contribution < -0.4 is 19.8 Å². The quantitative estimate of drug-likeness (QED) is 0.829. The van der Waals surface area contributed by atoms with Crippen molar-refractivity contribution < 1.29 is 17.9 Å². The number of fused-ring (bicyclic) bond motifs is 1. The predicted octanol–water partition coefficient (Wildman–Crippen LogP) is 1.08. The smallest absolute Gasteiger partial charge is 0.254 e. The number of pyridine rings is 1. The molecule has 0 bridgehead atoms. The number of nitrogens with zero attached hydrogens (tertiary/aromatic N) is 1. The third-order valence-electron chi connectivity index (χ3n) is 4.14. The molecule has 1 aliphatic rings. The Labute approximate surface area is 146 Å². The second-order valence-corrected chi connectivity index (χ2v) is 7.56. The lowest BCUT2D eigenvalue weighted by Gasteiger charge is -2.12. The summed E-state index contributed by atoms with van der Waals surface area (Å²) in [5, 5.41) is 0. The van der Waals surface area contributed by atoms with Crippen molar-refractivity contribution in [2.45, 2.75) is 24.8 Å². The lowest BCUT2D eigenvalue weighted by molar-refractivity contribution is 0.356. The third kappa shape index (κ3) is 3.69. The maximum absolute atomic E-state index is 12.4. The second kappa shape index (κ2) is 6.89. The van der Waals surface area contributed by atoms with Gasteiger partial charge >= 0.3 is 0 Å². The van der Waals surface area contributed by atoms with E-state index in [4.69, 9.17) is 9.47 Å². The molecule has 1 N–H and O–H groups in total. The number of nitrogens with one attached hydrogen (secondary N) is 1. The van der Waals surface area contributed by atoms with Crippen LogP contribution in [0.25, 0.3) is 0 Å². The van der Waals surface area contributed by atoms with Gasteiger partial charge < -0.3 is 14.0 Å². The highest BCUT2D eigenvalue weighted by atomic mass is 32.2. The summed E-state index contributed by atoms with van der Waals surface area (Å²) in [5.41, 5.74) is 1.37. The van der Waals surface area contributed by atoms with Crippen LogP contribution in [0.4, 0.5) is 0 Å². The molecule has 3 rings (SSSR count). The van der Waals surface area contributed by atoms with Crippen LogP contribution in [-0.4, -0.2) is 33.2 Å². The van der Waals surface area contributed by atoms with E-state index >= 15 is 0 Å². The molecule has 2 heterocycles. The van der Waals surface area contributed by atoms with Crippen LogP contribution in [0, 0.1) is 6.92 Å². The molecular weight excluding hydrogens is 344 g/mol. The fourth-order valence-electron chi connectivity index (χ4n) is 2.81. The first-order chi connectivity index (χ1) is 11.9. The molecule has 1 aromatic carbocycles. The van der Waals surface area contributed by atoms with Gasteiger partial charge in [0.2, 0.25) is 10.0 Å². The van der Waals surface area contributed by atoms with Crippen molar-refractivity contribution in [2.24, 2.45) is 0 Å². The first-order valence-corrected chi connectivity index (χ1v) is 9.40. The zero-order valence-electron chi connectivity index (χ0n) is 14.1. The summed E-state index contributed by atoms with van der Waals surface area (Å²) in [6.45, 7) is 2.70. The van der Waals surface area contributed by atoms with E-state index in [-0.39, 0.29) is 23.5 Å². The van der Waals surface area contributed by atoms with E-state index in [2.05, 4.69) is 4.72 Å². The van der Waals surface area contributed by atoms with Gasteiger partial charge in [0.05, 0.1) is 18.6 Å². The van der Waals surface area contributed by atoms with Gasteiger partial charge in [-0.3, -0.25) is 4.79 Å². The maximum Gasteiger partial charge on any atom is 0.254 e. The number of sulfonamides is 1. The summed E-state index contributed by atoms with van der Waals surface area (Å²) in [4.78, 5) is 12.3. The summed E-state index contributed by atoms with van der Waals surface area (Å²) < 4.78 is 39.3. The molecule has 0 unspecified atom stereocenters. The van der Waals surface area contributed by atoms with Crippen molar-refractivity contribution in [2.75, 3.05) is 20.3 Å². The molecule has 134 valence electrons. The van der Waals surface area contributed by atoms with Crippen molar-refractivity contribution in [1.29, 1.82) is 0 Å². The first kappa shape index (κ1) is 17.5. The molecule has 0 saturated carbocycles. The van der Waals surface area contributed by atoms with Crippen LogP contribution >= 0.6 is 0 Å². The second-order valence-electron chi connectivity index (χ2n) is 5.79. The summed E-state index contributed by atoms with van der Waals surface area (Å²) in [5.74, 6) is 1.22. The van der Waals surface area contributed by atoms with Crippen molar-refractivity contribution in [1.82, 2.24) is 9.29 Å². The molecule has 25 heavy (non-hydrogen) atoms. The Morgan fingerprint density at radius 3 is 2.80 bits per heavy atom. The van der Waals surface area contributed by atoms with Crippen molar-refractivity contribution in [3.8, 4) is 11.5 Å². The molecule has 0 saturated heterocycles. The van der Waals surface area contributed by atoms with E-state index in [0.717, 1.165) is 11.3 Å². The van der Waals surface area contributed by atoms with Crippen LogP contribution in [0.1, 0.15) is 11.3 Å². The van der Waals surface area contributed by atoms with Crippen LogP contribution in [-0.2, 0) is 23.0 Å². The Kier molecular flexibility index (Phi) is 4.82. The Bertz CT molecular complexity index is 950. The van der Waals surface area contributed by atoms with E-state index in [0.29, 0.717) is 24.5 Å². The predicted molar refractivity (Wildman–Crippen MR) is 92.8 cm³/mol. The van der Waals surface area contributed by atoms with Gasteiger partial charge in [-0.15, -0.1) is 0 Å². The van der Waals surface area contributed by atoms with E-state index < -0.39 is 10.0 Å². The molecule has 1 aliphatic heterocycles. The summed E-state index contributed by atoms with van der Waals surface area (Å²) >= 11 is 0. The standard InChI is InChI=1S/C17H20N2O5S/c1-12-9-14(23-2)11-17(20)19(12)7-6-18-25(21,22)15-3-4-16-13(10-15)5-8-24-16/h3-4,9-11,18H,5-8H2,1-2H3. The highest BCUT2D eigenvalue weighted by Crippen LogP contribution is 2.27. The molecule has 0 atom stereocenters. The van der Waals surface area contributed by atoms with Gasteiger partial charge in [-0.1, -0.05) is 0 Å². The molecule has 0 aliphatic carbocycles. The van der Waals surface area contributed by atoms with Crippen LogP contribution in [0.3, 0.4) is 0 Å². The average Bonchev–Trinajstić information content (AvgIpc) is 3.04. The van der Waals surface area contributed by atoms with Gasteiger partial charge in [-0.05, 0) is 36.8 Å². The van der Waals surface area contributed by atoms with Gasteiger partial charge in [-0.25, -0.2) is 13.1 Å².